The van der Waals surface area contributed by atoms with Gasteiger partial charge in [0, 0.05) is 20.6 Å². The molecule has 0 saturated heterocycles. The zero-order valence-electron chi connectivity index (χ0n) is 19.4. The van der Waals surface area contributed by atoms with E-state index >= 15 is 0 Å². The van der Waals surface area contributed by atoms with E-state index in [1.165, 1.54) is 4.88 Å². The minimum atomic E-state index is -0.216. The number of nitrogens with one attached hydrogen (secondary N) is 2. The van der Waals surface area contributed by atoms with E-state index in [9.17, 15) is 9.59 Å². The van der Waals surface area contributed by atoms with Crippen LogP contribution in [-0.4, -0.2) is 11.8 Å². The molecular weight excluding hydrogens is 496 g/mol. The topological polar surface area (TPSA) is 58.2 Å². The van der Waals surface area contributed by atoms with Crippen LogP contribution in [0.1, 0.15) is 63.9 Å². The van der Waals surface area contributed by atoms with Crippen LogP contribution in [0, 0.1) is 18.3 Å². The fourth-order valence-electron chi connectivity index (χ4n) is 4.36. The predicted molar refractivity (Wildman–Crippen MR) is 141 cm³/mol. The number of amides is 2. The molecule has 1 aromatic heterocycles. The van der Waals surface area contributed by atoms with Gasteiger partial charge in [-0.2, -0.15) is 0 Å². The number of rotatable bonds is 4. The van der Waals surface area contributed by atoms with E-state index < -0.39 is 0 Å². The number of carbonyl (C=O) groups is 2. The van der Waals surface area contributed by atoms with E-state index in [4.69, 9.17) is 0 Å². The molecule has 1 atom stereocenters. The number of fused-ring (bicyclic) bond motifs is 1. The van der Waals surface area contributed by atoms with Gasteiger partial charge < -0.3 is 10.6 Å². The van der Waals surface area contributed by atoms with Crippen LogP contribution < -0.4 is 10.6 Å². The molecule has 6 heteroatoms. The predicted octanol–water partition coefficient (Wildman–Crippen LogP) is 7.47. The lowest BCUT2D eigenvalue weighted by Crippen LogP contribution is -2.27. The molecule has 0 spiro atoms. The van der Waals surface area contributed by atoms with Crippen molar-refractivity contribution in [2.75, 3.05) is 10.6 Å². The van der Waals surface area contributed by atoms with Crippen LogP contribution in [0.4, 0.5) is 10.7 Å². The van der Waals surface area contributed by atoms with Crippen molar-refractivity contribution in [2.45, 2.75) is 47.0 Å². The van der Waals surface area contributed by atoms with Crippen LogP contribution in [0.25, 0.3) is 0 Å². The number of anilines is 2. The summed E-state index contributed by atoms with van der Waals surface area (Å²) in [5.74, 6) is 0.164. The minimum absolute atomic E-state index is 0.166. The summed E-state index contributed by atoms with van der Waals surface area (Å²) >= 11 is 4.97. The Kier molecular flexibility index (Phi) is 6.78. The second-order valence-corrected chi connectivity index (χ2v) is 11.8. The highest BCUT2D eigenvalue weighted by Crippen LogP contribution is 2.44. The fraction of sp³-hybridized carbons (Fsp3) is 0.333. The maximum Gasteiger partial charge on any atom is 0.258 e. The van der Waals surface area contributed by atoms with Crippen LogP contribution >= 0.6 is 27.3 Å². The number of thiophene rings is 1. The zero-order valence-corrected chi connectivity index (χ0v) is 21.8. The summed E-state index contributed by atoms with van der Waals surface area (Å²) in [5.41, 5.74) is 4.22. The summed E-state index contributed by atoms with van der Waals surface area (Å²) in [6.07, 6.45) is 2.81. The van der Waals surface area contributed by atoms with Gasteiger partial charge in [-0.25, -0.2) is 0 Å². The van der Waals surface area contributed by atoms with Crippen LogP contribution in [0.15, 0.2) is 53.0 Å². The molecule has 0 radical (unpaired) electrons. The minimum Gasteiger partial charge on any atom is -0.322 e. The summed E-state index contributed by atoms with van der Waals surface area (Å²) in [6.45, 7) is 8.80. The molecule has 0 saturated carbocycles. The molecule has 4 nitrogen and oxygen atoms in total. The molecule has 3 aromatic rings. The van der Waals surface area contributed by atoms with Crippen LogP contribution in [0.3, 0.4) is 0 Å². The standard InChI is InChI=1S/C27H29BrN2O2S/c1-16-8-5-6-11-21(16)29-25(32)23-20-13-12-18(27(2,3)4)15-22(20)33-26(23)30-24(31)17-9-7-10-19(28)14-17/h5-11,14,18H,12-13,15H2,1-4H3,(H,29,32)(H,30,31). The number of halogens is 1. The lowest BCUT2D eigenvalue weighted by molar-refractivity contribution is 0.102. The first-order valence-electron chi connectivity index (χ1n) is 11.2. The molecule has 0 aliphatic heterocycles. The molecule has 1 unspecified atom stereocenters. The van der Waals surface area contributed by atoms with E-state index in [2.05, 4.69) is 47.3 Å². The number of benzene rings is 2. The second-order valence-electron chi connectivity index (χ2n) is 9.75. The Morgan fingerprint density at radius 3 is 2.48 bits per heavy atom. The molecule has 1 heterocycles. The first-order valence-corrected chi connectivity index (χ1v) is 12.8. The number of hydrogen-bond donors (Lipinski definition) is 2. The highest BCUT2D eigenvalue weighted by molar-refractivity contribution is 9.10. The Morgan fingerprint density at radius 2 is 1.79 bits per heavy atom. The first kappa shape index (κ1) is 23.7. The van der Waals surface area contributed by atoms with Gasteiger partial charge in [-0.05, 0) is 72.9 Å². The molecule has 33 heavy (non-hydrogen) atoms. The summed E-state index contributed by atoms with van der Waals surface area (Å²) in [4.78, 5) is 27.7. The van der Waals surface area contributed by atoms with E-state index in [1.54, 1.807) is 23.5 Å². The molecule has 2 N–H and O–H groups in total. The van der Waals surface area contributed by atoms with Crippen molar-refractivity contribution in [3.63, 3.8) is 0 Å². The third-order valence-corrected chi connectivity index (χ3v) is 8.09. The van der Waals surface area contributed by atoms with Gasteiger partial charge in [0.1, 0.15) is 5.00 Å². The smallest absolute Gasteiger partial charge is 0.258 e. The van der Waals surface area contributed by atoms with E-state index in [1.807, 2.05) is 43.3 Å². The Labute approximate surface area is 207 Å². The Morgan fingerprint density at radius 1 is 1.03 bits per heavy atom. The molecule has 2 aromatic carbocycles. The van der Waals surface area contributed by atoms with Crippen molar-refractivity contribution < 1.29 is 9.59 Å². The third-order valence-electron chi connectivity index (χ3n) is 6.42. The average molecular weight is 526 g/mol. The number of carbonyl (C=O) groups excluding carboxylic acids is 2. The van der Waals surface area contributed by atoms with Gasteiger partial charge in [-0.15, -0.1) is 11.3 Å². The van der Waals surface area contributed by atoms with E-state index in [-0.39, 0.29) is 17.2 Å². The number of para-hydroxylation sites is 1. The van der Waals surface area contributed by atoms with Crippen LogP contribution in [0.5, 0.6) is 0 Å². The van der Waals surface area contributed by atoms with Crippen molar-refractivity contribution >= 4 is 49.8 Å². The quantitative estimate of drug-likeness (QED) is 0.371. The molecule has 0 bridgehead atoms. The molecule has 0 fully saturated rings. The van der Waals surface area contributed by atoms with Gasteiger partial charge in [0.2, 0.25) is 0 Å². The first-order chi connectivity index (χ1) is 15.6. The van der Waals surface area contributed by atoms with E-state index in [0.717, 1.165) is 40.5 Å². The van der Waals surface area contributed by atoms with Crippen molar-refractivity contribution in [2.24, 2.45) is 11.3 Å². The Bertz CT molecular complexity index is 1210. The van der Waals surface area contributed by atoms with Crippen molar-refractivity contribution in [3.05, 3.63) is 80.1 Å². The lowest BCUT2D eigenvalue weighted by atomic mass is 9.72. The molecule has 2 amide bonds. The highest BCUT2D eigenvalue weighted by Gasteiger charge is 2.34. The average Bonchev–Trinajstić information content (AvgIpc) is 3.11. The van der Waals surface area contributed by atoms with Gasteiger partial charge in [-0.3, -0.25) is 9.59 Å². The Hall–Kier alpha value is -2.44. The number of aryl methyl sites for hydroxylation is 1. The summed E-state index contributed by atoms with van der Waals surface area (Å²) in [7, 11) is 0. The summed E-state index contributed by atoms with van der Waals surface area (Å²) in [5, 5.41) is 6.75. The Balaban J connectivity index is 1.70. The van der Waals surface area contributed by atoms with E-state index in [0.29, 0.717) is 22.0 Å². The van der Waals surface area contributed by atoms with Crippen LogP contribution in [-0.2, 0) is 12.8 Å². The fourth-order valence-corrected chi connectivity index (χ4v) is 6.08. The monoisotopic (exact) mass is 524 g/mol. The lowest BCUT2D eigenvalue weighted by Gasteiger charge is -2.33. The maximum atomic E-state index is 13.5. The third kappa shape index (κ3) is 5.22. The normalized spacial score (nSPS) is 15.6. The highest BCUT2D eigenvalue weighted by atomic mass is 79.9. The largest absolute Gasteiger partial charge is 0.322 e. The number of hydrogen-bond acceptors (Lipinski definition) is 3. The van der Waals surface area contributed by atoms with Gasteiger partial charge in [0.25, 0.3) is 11.8 Å². The SMILES string of the molecule is Cc1ccccc1NC(=O)c1c(NC(=O)c2cccc(Br)c2)sc2c1CCC(C(C)(C)C)C2. The van der Waals surface area contributed by atoms with Gasteiger partial charge in [-0.1, -0.05) is 61.0 Å². The van der Waals surface area contributed by atoms with Gasteiger partial charge in [0.05, 0.1) is 5.56 Å². The molecular formula is C27H29BrN2O2S. The van der Waals surface area contributed by atoms with Crippen molar-refractivity contribution in [1.82, 2.24) is 0 Å². The zero-order chi connectivity index (χ0) is 23.8. The van der Waals surface area contributed by atoms with Gasteiger partial charge >= 0.3 is 0 Å². The molecule has 1 aliphatic rings. The van der Waals surface area contributed by atoms with Gasteiger partial charge in [0.15, 0.2) is 0 Å². The maximum absolute atomic E-state index is 13.5. The summed E-state index contributed by atoms with van der Waals surface area (Å²) < 4.78 is 0.839. The summed E-state index contributed by atoms with van der Waals surface area (Å²) in [6, 6.07) is 15.0. The molecule has 1 aliphatic carbocycles. The molecule has 4 rings (SSSR count). The van der Waals surface area contributed by atoms with Crippen LogP contribution in [0.2, 0.25) is 0 Å². The second kappa shape index (κ2) is 9.43. The molecule has 172 valence electrons. The van der Waals surface area contributed by atoms with Crippen molar-refractivity contribution in [3.8, 4) is 0 Å². The van der Waals surface area contributed by atoms with Crippen molar-refractivity contribution in [1.29, 1.82) is 0 Å².